The van der Waals surface area contributed by atoms with E-state index in [2.05, 4.69) is 5.32 Å². The summed E-state index contributed by atoms with van der Waals surface area (Å²) in [6, 6.07) is 12.6. The van der Waals surface area contributed by atoms with Crippen molar-refractivity contribution in [3.63, 3.8) is 0 Å². The molecule has 1 atom stereocenters. The third-order valence-electron chi connectivity index (χ3n) is 4.55. The topological polar surface area (TPSA) is 49.4 Å². The summed E-state index contributed by atoms with van der Waals surface area (Å²) in [4.78, 5) is 27.0. The molecule has 0 radical (unpaired) electrons. The molecular formula is C20H21ClN2O2S. The molecule has 2 aromatic rings. The quantitative estimate of drug-likeness (QED) is 0.859. The molecule has 1 heterocycles. The molecule has 1 saturated heterocycles. The van der Waals surface area contributed by atoms with Gasteiger partial charge in [-0.25, -0.2) is 0 Å². The molecular weight excluding hydrogens is 368 g/mol. The molecule has 1 N–H and O–H groups in total. The van der Waals surface area contributed by atoms with Gasteiger partial charge in [-0.05, 0) is 54.8 Å². The summed E-state index contributed by atoms with van der Waals surface area (Å²) in [6.07, 6.45) is 0.269. The van der Waals surface area contributed by atoms with Crippen molar-refractivity contribution in [3.05, 3.63) is 64.2 Å². The predicted molar refractivity (Wildman–Crippen MR) is 108 cm³/mol. The van der Waals surface area contributed by atoms with Gasteiger partial charge >= 0.3 is 0 Å². The Labute approximate surface area is 162 Å². The lowest BCUT2D eigenvalue weighted by atomic mass is 10.1. The largest absolute Gasteiger partial charge is 0.324 e. The highest BCUT2D eigenvalue weighted by Gasteiger charge is 2.34. The van der Waals surface area contributed by atoms with E-state index in [1.807, 2.05) is 44.2 Å². The second-order valence-electron chi connectivity index (χ2n) is 6.47. The van der Waals surface area contributed by atoms with Crippen LogP contribution in [0.25, 0.3) is 0 Å². The van der Waals surface area contributed by atoms with Crippen LogP contribution in [0.3, 0.4) is 0 Å². The molecule has 4 nitrogen and oxygen atoms in total. The Morgan fingerprint density at radius 1 is 1.15 bits per heavy atom. The summed E-state index contributed by atoms with van der Waals surface area (Å²) >= 11 is 7.49. The first-order chi connectivity index (χ1) is 12.4. The Balaban J connectivity index is 1.66. The third-order valence-corrected chi connectivity index (χ3v) is 5.81. The molecule has 1 aliphatic heterocycles. The molecule has 26 heavy (non-hydrogen) atoms. The molecule has 0 aliphatic carbocycles. The van der Waals surface area contributed by atoms with E-state index < -0.39 is 6.04 Å². The van der Waals surface area contributed by atoms with E-state index in [0.29, 0.717) is 16.7 Å². The standard InChI is InChI=1S/C20H21ClN2O2S/c1-13-3-8-17(9-14(13)2)22-20(25)18-11-26-12-23(18)19(24)10-15-4-6-16(21)7-5-15/h3-9,18H,10-12H2,1-2H3,(H,22,25). The van der Waals surface area contributed by atoms with Crippen LogP contribution >= 0.6 is 23.4 Å². The van der Waals surface area contributed by atoms with Gasteiger partial charge in [-0.1, -0.05) is 29.8 Å². The normalized spacial score (nSPS) is 16.6. The number of nitrogens with zero attached hydrogens (tertiary/aromatic N) is 1. The molecule has 0 aromatic heterocycles. The van der Waals surface area contributed by atoms with Crippen molar-refractivity contribution in [2.24, 2.45) is 0 Å². The summed E-state index contributed by atoms with van der Waals surface area (Å²) in [6.45, 7) is 4.05. The highest BCUT2D eigenvalue weighted by Crippen LogP contribution is 2.24. The van der Waals surface area contributed by atoms with Crippen molar-refractivity contribution >= 4 is 40.9 Å². The monoisotopic (exact) mass is 388 g/mol. The number of aryl methyl sites for hydroxylation is 2. The van der Waals surface area contributed by atoms with Crippen LogP contribution in [-0.4, -0.2) is 34.4 Å². The van der Waals surface area contributed by atoms with E-state index in [1.54, 1.807) is 28.8 Å². The lowest BCUT2D eigenvalue weighted by Gasteiger charge is -2.23. The minimum atomic E-state index is -0.443. The molecule has 6 heteroatoms. The molecule has 1 fully saturated rings. The predicted octanol–water partition coefficient (Wildman–Crippen LogP) is 4.04. The van der Waals surface area contributed by atoms with E-state index >= 15 is 0 Å². The second-order valence-corrected chi connectivity index (χ2v) is 7.91. The van der Waals surface area contributed by atoms with E-state index in [4.69, 9.17) is 11.6 Å². The van der Waals surface area contributed by atoms with Gasteiger partial charge in [-0.15, -0.1) is 11.8 Å². The average molecular weight is 389 g/mol. The number of benzene rings is 2. The smallest absolute Gasteiger partial charge is 0.248 e. The summed E-state index contributed by atoms with van der Waals surface area (Å²) in [5.74, 6) is 0.973. The zero-order valence-corrected chi connectivity index (χ0v) is 16.4. The number of nitrogens with one attached hydrogen (secondary N) is 1. The van der Waals surface area contributed by atoms with Gasteiger partial charge in [0.25, 0.3) is 0 Å². The first-order valence-electron chi connectivity index (χ1n) is 8.44. The summed E-state index contributed by atoms with van der Waals surface area (Å²) in [5, 5.41) is 3.59. The SMILES string of the molecule is Cc1ccc(NC(=O)C2CSCN2C(=O)Cc2ccc(Cl)cc2)cc1C. The number of carbonyl (C=O) groups excluding carboxylic acids is 2. The van der Waals surface area contributed by atoms with Crippen LogP contribution in [0.1, 0.15) is 16.7 Å². The number of carbonyl (C=O) groups is 2. The maximum atomic E-state index is 12.7. The van der Waals surface area contributed by atoms with Crippen molar-refractivity contribution in [3.8, 4) is 0 Å². The number of thioether (sulfide) groups is 1. The van der Waals surface area contributed by atoms with E-state index in [1.165, 1.54) is 5.56 Å². The van der Waals surface area contributed by atoms with Crippen molar-refractivity contribution in [2.75, 3.05) is 16.9 Å². The van der Waals surface area contributed by atoms with Gasteiger partial charge in [-0.2, -0.15) is 0 Å². The van der Waals surface area contributed by atoms with Gasteiger partial charge in [0.1, 0.15) is 6.04 Å². The summed E-state index contributed by atoms with van der Waals surface area (Å²) in [5.41, 5.74) is 3.96. The highest BCUT2D eigenvalue weighted by atomic mass is 35.5. The maximum absolute atomic E-state index is 12.7. The summed E-state index contributed by atoms with van der Waals surface area (Å²) in [7, 11) is 0. The van der Waals surface area contributed by atoms with Crippen molar-refractivity contribution in [2.45, 2.75) is 26.3 Å². The molecule has 0 spiro atoms. The van der Waals surface area contributed by atoms with Gasteiger partial charge in [0.2, 0.25) is 11.8 Å². The van der Waals surface area contributed by atoms with Gasteiger partial charge in [0, 0.05) is 16.5 Å². The highest BCUT2D eigenvalue weighted by molar-refractivity contribution is 7.99. The lowest BCUT2D eigenvalue weighted by molar-refractivity contribution is -0.135. The van der Waals surface area contributed by atoms with Crippen molar-refractivity contribution in [1.29, 1.82) is 0 Å². The fourth-order valence-electron chi connectivity index (χ4n) is 2.83. The number of hydrogen-bond acceptors (Lipinski definition) is 3. The van der Waals surface area contributed by atoms with E-state index in [-0.39, 0.29) is 18.2 Å². The molecule has 1 aliphatic rings. The number of halogens is 1. The van der Waals surface area contributed by atoms with Crippen LogP contribution in [0.5, 0.6) is 0 Å². The molecule has 136 valence electrons. The van der Waals surface area contributed by atoms with Crippen LogP contribution in [0.2, 0.25) is 5.02 Å². The molecule has 3 rings (SSSR count). The molecule has 0 saturated carbocycles. The molecule has 1 unspecified atom stereocenters. The van der Waals surface area contributed by atoms with Crippen molar-refractivity contribution in [1.82, 2.24) is 4.90 Å². The van der Waals surface area contributed by atoms with Crippen LogP contribution in [0, 0.1) is 13.8 Å². The first-order valence-corrected chi connectivity index (χ1v) is 9.97. The van der Waals surface area contributed by atoms with E-state index in [9.17, 15) is 9.59 Å². The number of anilines is 1. The Morgan fingerprint density at radius 2 is 1.88 bits per heavy atom. The number of rotatable bonds is 4. The average Bonchev–Trinajstić information content (AvgIpc) is 3.10. The third kappa shape index (κ3) is 4.40. The molecule has 2 aromatic carbocycles. The van der Waals surface area contributed by atoms with Gasteiger partial charge in [-0.3, -0.25) is 9.59 Å². The zero-order chi connectivity index (χ0) is 18.7. The second kappa shape index (κ2) is 8.14. The molecule has 0 bridgehead atoms. The van der Waals surface area contributed by atoms with Crippen LogP contribution in [0.15, 0.2) is 42.5 Å². The van der Waals surface area contributed by atoms with Gasteiger partial charge in [0.15, 0.2) is 0 Å². The van der Waals surface area contributed by atoms with Crippen molar-refractivity contribution < 1.29 is 9.59 Å². The Kier molecular flexibility index (Phi) is 5.89. The van der Waals surface area contributed by atoms with E-state index in [0.717, 1.165) is 16.8 Å². The maximum Gasteiger partial charge on any atom is 0.248 e. The number of amides is 2. The molecule has 2 amide bonds. The number of hydrogen-bond donors (Lipinski definition) is 1. The Morgan fingerprint density at radius 3 is 2.58 bits per heavy atom. The lowest BCUT2D eigenvalue weighted by Crippen LogP contribution is -2.45. The fourth-order valence-corrected chi connectivity index (χ4v) is 4.14. The first kappa shape index (κ1) is 18.8. The van der Waals surface area contributed by atoms with Gasteiger partial charge < -0.3 is 10.2 Å². The van der Waals surface area contributed by atoms with Crippen LogP contribution < -0.4 is 5.32 Å². The Hall–Kier alpha value is -1.98. The fraction of sp³-hybridized carbons (Fsp3) is 0.300. The summed E-state index contributed by atoms with van der Waals surface area (Å²) < 4.78 is 0. The zero-order valence-electron chi connectivity index (χ0n) is 14.8. The van der Waals surface area contributed by atoms with Crippen LogP contribution in [-0.2, 0) is 16.0 Å². The van der Waals surface area contributed by atoms with Gasteiger partial charge in [0.05, 0.1) is 12.3 Å². The minimum Gasteiger partial charge on any atom is -0.324 e. The minimum absolute atomic E-state index is 0.0439. The Bertz CT molecular complexity index is 823. The van der Waals surface area contributed by atoms with Crippen LogP contribution in [0.4, 0.5) is 5.69 Å².